The predicted molar refractivity (Wildman–Crippen MR) is 153 cm³/mol. The molecule has 1 atom stereocenters. The summed E-state index contributed by atoms with van der Waals surface area (Å²) in [5, 5.41) is 2.59. The van der Waals surface area contributed by atoms with Gasteiger partial charge in [-0.15, -0.1) is 0 Å². The number of nitrogen functional groups attached to an aromatic ring is 1. The van der Waals surface area contributed by atoms with Crippen molar-refractivity contribution in [2.24, 2.45) is 0 Å². The van der Waals surface area contributed by atoms with Crippen LogP contribution in [0.5, 0.6) is 5.75 Å². The van der Waals surface area contributed by atoms with Crippen LogP contribution in [0.3, 0.4) is 0 Å². The Kier molecular flexibility index (Phi) is 8.53. The molecule has 4 aromatic rings. The maximum Gasteiger partial charge on any atom is 0.269 e. The molecule has 0 aliphatic heterocycles. The topological polar surface area (TPSA) is 108 Å². The molecule has 0 spiro atoms. The SMILES string of the molecule is C=C/C(=C\C=C/C)n1c(C(C)Nc2ncnc(N)c2C#Cc2cc(F)cc(OC)c2)nc2c(F)ccc(F)c2c1=O. The lowest BCUT2D eigenvalue weighted by atomic mass is 10.1. The minimum absolute atomic E-state index is 0.0299. The maximum absolute atomic E-state index is 14.8. The molecule has 0 aliphatic rings. The summed E-state index contributed by atoms with van der Waals surface area (Å²) >= 11 is 0. The standard InChI is InChI=1S/C30H25F3N6O2/c1-5-7-8-20(6-2)39-29(38-26-24(33)12-11-23(32)25(26)30(39)40)17(3)37-28-22(27(34)35-16-36-28)10-9-18-13-19(31)15-21(14-18)41-4/h5-8,11-17H,2H2,1,3-4H3,(H3,34,35,36,37)/b7-5-,20-8+. The Morgan fingerprint density at radius 3 is 2.63 bits per heavy atom. The number of fused-ring (bicyclic) bond motifs is 1. The van der Waals surface area contributed by atoms with Gasteiger partial charge in [0.25, 0.3) is 5.56 Å². The number of nitrogens with two attached hydrogens (primary N) is 1. The van der Waals surface area contributed by atoms with Crippen LogP contribution in [0.4, 0.5) is 24.8 Å². The molecule has 2 heterocycles. The zero-order valence-electron chi connectivity index (χ0n) is 22.4. The second-order valence-electron chi connectivity index (χ2n) is 8.66. The van der Waals surface area contributed by atoms with Gasteiger partial charge in [-0.1, -0.05) is 30.6 Å². The Balaban J connectivity index is 1.87. The molecular weight excluding hydrogens is 533 g/mol. The van der Waals surface area contributed by atoms with E-state index >= 15 is 0 Å². The quantitative estimate of drug-likeness (QED) is 0.232. The van der Waals surface area contributed by atoms with Gasteiger partial charge in [0.15, 0.2) is 0 Å². The summed E-state index contributed by atoms with van der Waals surface area (Å²) in [7, 11) is 1.41. The molecule has 208 valence electrons. The fourth-order valence-electron chi connectivity index (χ4n) is 3.99. The monoisotopic (exact) mass is 558 g/mol. The van der Waals surface area contributed by atoms with E-state index in [-0.39, 0.29) is 34.5 Å². The van der Waals surface area contributed by atoms with E-state index < -0.39 is 40.0 Å². The van der Waals surface area contributed by atoms with Gasteiger partial charge in [0.2, 0.25) is 0 Å². The maximum atomic E-state index is 14.8. The van der Waals surface area contributed by atoms with Gasteiger partial charge in [-0.2, -0.15) is 0 Å². The van der Waals surface area contributed by atoms with Gasteiger partial charge < -0.3 is 15.8 Å². The molecule has 0 amide bonds. The third-order valence-electron chi connectivity index (χ3n) is 5.93. The minimum atomic E-state index is -0.913. The van der Waals surface area contributed by atoms with Gasteiger partial charge in [0.05, 0.1) is 13.2 Å². The molecule has 0 bridgehead atoms. The summed E-state index contributed by atoms with van der Waals surface area (Å²) in [4.78, 5) is 26.1. The molecule has 0 radical (unpaired) electrons. The number of methoxy groups -OCH3 is 1. The molecule has 1 unspecified atom stereocenters. The molecule has 11 heteroatoms. The lowest BCUT2D eigenvalue weighted by Crippen LogP contribution is -2.29. The van der Waals surface area contributed by atoms with E-state index in [0.717, 1.165) is 16.7 Å². The van der Waals surface area contributed by atoms with Crippen molar-refractivity contribution in [3.63, 3.8) is 0 Å². The summed E-state index contributed by atoms with van der Waals surface area (Å²) in [6.07, 6.45) is 7.58. The van der Waals surface area contributed by atoms with Gasteiger partial charge in [0.1, 0.15) is 63.5 Å². The molecule has 0 fully saturated rings. The lowest BCUT2D eigenvalue weighted by molar-refractivity contribution is 0.411. The summed E-state index contributed by atoms with van der Waals surface area (Å²) in [5.41, 5.74) is 5.62. The van der Waals surface area contributed by atoms with Gasteiger partial charge in [0, 0.05) is 17.3 Å². The number of aromatic nitrogens is 4. The Hall–Kier alpha value is -5.37. The first-order valence-corrected chi connectivity index (χ1v) is 12.3. The van der Waals surface area contributed by atoms with E-state index in [1.165, 1.54) is 31.6 Å². The number of allylic oxidation sites excluding steroid dienone is 5. The van der Waals surface area contributed by atoms with Crippen molar-refractivity contribution in [3.8, 4) is 17.6 Å². The molecule has 0 aliphatic carbocycles. The van der Waals surface area contributed by atoms with Crippen LogP contribution in [0.25, 0.3) is 16.6 Å². The predicted octanol–water partition coefficient (Wildman–Crippen LogP) is 5.37. The number of hydrogen-bond donors (Lipinski definition) is 2. The van der Waals surface area contributed by atoms with Crippen molar-refractivity contribution in [2.75, 3.05) is 18.2 Å². The van der Waals surface area contributed by atoms with Gasteiger partial charge in [-0.05, 0) is 50.3 Å². The number of benzene rings is 2. The summed E-state index contributed by atoms with van der Waals surface area (Å²) < 4.78 is 49.7. The fraction of sp³-hybridized carbons (Fsp3) is 0.133. The number of ether oxygens (including phenoxy) is 1. The minimum Gasteiger partial charge on any atom is -0.497 e. The average molecular weight is 559 g/mol. The highest BCUT2D eigenvalue weighted by atomic mass is 19.1. The van der Waals surface area contributed by atoms with Crippen molar-refractivity contribution in [1.29, 1.82) is 0 Å². The van der Waals surface area contributed by atoms with Crippen LogP contribution < -0.4 is 21.3 Å². The highest BCUT2D eigenvalue weighted by Crippen LogP contribution is 2.26. The zero-order chi connectivity index (χ0) is 29.7. The molecule has 2 aromatic heterocycles. The van der Waals surface area contributed by atoms with Crippen LogP contribution in [-0.2, 0) is 0 Å². The first-order valence-electron chi connectivity index (χ1n) is 12.3. The molecule has 2 aromatic carbocycles. The van der Waals surface area contributed by atoms with Crippen molar-refractivity contribution >= 4 is 28.2 Å². The smallest absolute Gasteiger partial charge is 0.269 e. The third-order valence-corrected chi connectivity index (χ3v) is 5.93. The van der Waals surface area contributed by atoms with Crippen LogP contribution in [0.2, 0.25) is 0 Å². The Bertz CT molecular complexity index is 1840. The van der Waals surface area contributed by atoms with Crippen LogP contribution in [-0.4, -0.2) is 26.6 Å². The van der Waals surface area contributed by atoms with Crippen molar-refractivity contribution < 1.29 is 17.9 Å². The molecule has 8 nitrogen and oxygen atoms in total. The number of halogens is 3. The van der Waals surface area contributed by atoms with Crippen molar-refractivity contribution in [2.45, 2.75) is 19.9 Å². The first-order chi connectivity index (χ1) is 19.7. The van der Waals surface area contributed by atoms with Crippen molar-refractivity contribution in [3.05, 3.63) is 112 Å². The van der Waals surface area contributed by atoms with E-state index in [1.54, 1.807) is 38.1 Å². The van der Waals surface area contributed by atoms with E-state index in [0.29, 0.717) is 5.56 Å². The number of anilines is 2. The van der Waals surface area contributed by atoms with Crippen LogP contribution in [0.15, 0.2) is 72.3 Å². The second-order valence-corrected chi connectivity index (χ2v) is 8.66. The Labute approximate surface area is 233 Å². The van der Waals surface area contributed by atoms with E-state index in [2.05, 4.69) is 38.7 Å². The normalized spacial score (nSPS) is 12.2. The number of nitrogens with one attached hydrogen (secondary N) is 1. The van der Waals surface area contributed by atoms with Crippen LogP contribution >= 0.6 is 0 Å². The van der Waals surface area contributed by atoms with Gasteiger partial charge >= 0.3 is 0 Å². The molecule has 4 rings (SSSR count). The molecular formula is C30H25F3N6O2. The molecule has 3 N–H and O–H groups in total. The zero-order valence-corrected chi connectivity index (χ0v) is 22.4. The summed E-state index contributed by atoms with van der Waals surface area (Å²) in [6.45, 7) is 7.19. The summed E-state index contributed by atoms with van der Waals surface area (Å²) in [5.74, 6) is 3.87. The van der Waals surface area contributed by atoms with Gasteiger partial charge in [-0.3, -0.25) is 9.36 Å². The number of rotatable bonds is 7. The Morgan fingerprint density at radius 1 is 1.17 bits per heavy atom. The van der Waals surface area contributed by atoms with Crippen LogP contribution in [0.1, 0.15) is 36.8 Å². The van der Waals surface area contributed by atoms with Crippen molar-refractivity contribution in [1.82, 2.24) is 19.5 Å². The third kappa shape index (κ3) is 5.96. The second kappa shape index (κ2) is 12.2. The van der Waals surface area contributed by atoms with Gasteiger partial charge in [-0.25, -0.2) is 28.1 Å². The number of hydrogen-bond acceptors (Lipinski definition) is 7. The molecule has 0 saturated carbocycles. The largest absolute Gasteiger partial charge is 0.497 e. The lowest BCUT2D eigenvalue weighted by Gasteiger charge is -2.21. The highest BCUT2D eigenvalue weighted by molar-refractivity contribution is 5.80. The molecule has 41 heavy (non-hydrogen) atoms. The number of nitrogens with zero attached hydrogens (tertiary/aromatic N) is 4. The highest BCUT2D eigenvalue weighted by Gasteiger charge is 2.23. The average Bonchev–Trinajstić information content (AvgIpc) is 2.95. The summed E-state index contributed by atoms with van der Waals surface area (Å²) in [6, 6.07) is 4.94. The Morgan fingerprint density at radius 2 is 1.93 bits per heavy atom. The van der Waals surface area contributed by atoms with Crippen LogP contribution in [0, 0.1) is 29.3 Å². The molecule has 0 saturated heterocycles. The fourth-order valence-corrected chi connectivity index (χ4v) is 3.99. The first kappa shape index (κ1) is 28.6. The van der Waals surface area contributed by atoms with E-state index in [4.69, 9.17) is 10.5 Å². The van der Waals surface area contributed by atoms with E-state index in [9.17, 15) is 18.0 Å². The van der Waals surface area contributed by atoms with E-state index in [1.807, 2.05) is 0 Å².